The molecule has 0 aliphatic heterocycles. The lowest BCUT2D eigenvalue weighted by Crippen LogP contribution is -2.25. The van der Waals surface area contributed by atoms with Gasteiger partial charge in [-0.1, -0.05) is 18.2 Å². The van der Waals surface area contributed by atoms with Gasteiger partial charge >= 0.3 is 11.7 Å². The second-order valence-electron chi connectivity index (χ2n) is 3.96. The number of carbonyl (C=O) groups excluding carboxylic acids is 1. The molecule has 0 saturated carbocycles. The molecule has 0 saturated heterocycles. The van der Waals surface area contributed by atoms with Crippen molar-refractivity contribution in [1.29, 1.82) is 5.26 Å². The molecule has 0 radical (unpaired) electrons. The van der Waals surface area contributed by atoms with Crippen LogP contribution in [0.2, 0.25) is 0 Å². The van der Waals surface area contributed by atoms with Crippen molar-refractivity contribution in [2.75, 3.05) is 0 Å². The monoisotopic (exact) mass is 273 g/mol. The molecule has 0 aliphatic carbocycles. The van der Waals surface area contributed by atoms with E-state index in [-0.39, 0.29) is 5.89 Å². The number of nitrogens with zero attached hydrogens (tertiary/aromatic N) is 3. The lowest BCUT2D eigenvalue weighted by atomic mass is 10.2. The van der Waals surface area contributed by atoms with Crippen molar-refractivity contribution in [3.63, 3.8) is 0 Å². The van der Waals surface area contributed by atoms with E-state index in [1.165, 1.54) is 6.92 Å². The Morgan fingerprint density at radius 2 is 2.20 bits per heavy atom. The van der Waals surface area contributed by atoms with Crippen LogP contribution in [0.1, 0.15) is 6.92 Å². The number of benzene rings is 1. The molecule has 7 heteroatoms. The highest BCUT2D eigenvalue weighted by atomic mass is 16.5. The first-order chi connectivity index (χ1) is 9.60. The third-order valence-corrected chi connectivity index (χ3v) is 2.40. The molecule has 0 aliphatic rings. The number of nitriles is 1. The Hall–Kier alpha value is -2.88. The van der Waals surface area contributed by atoms with Crippen LogP contribution in [-0.2, 0) is 16.1 Å². The molecule has 0 fully saturated rings. The molecule has 2 rings (SSSR count). The molecule has 1 atom stereocenters. The van der Waals surface area contributed by atoms with Crippen molar-refractivity contribution >= 4 is 5.97 Å². The van der Waals surface area contributed by atoms with Gasteiger partial charge in [-0.15, -0.1) is 5.10 Å². The number of ether oxygens (including phenoxy) is 1. The standard InChI is InChI=1S/C13H11N3O4/c1-9(7-14)19-11(17)8-16-13(18)20-12(15-16)10-5-3-2-4-6-10/h2-6,9H,8H2,1H3/t9-/m1/s1. The first kappa shape index (κ1) is 13.5. The van der Waals surface area contributed by atoms with Gasteiger partial charge in [-0.2, -0.15) is 9.94 Å². The maximum atomic E-state index is 11.6. The maximum Gasteiger partial charge on any atom is 0.437 e. The van der Waals surface area contributed by atoms with E-state index in [9.17, 15) is 9.59 Å². The van der Waals surface area contributed by atoms with E-state index in [2.05, 4.69) is 5.10 Å². The van der Waals surface area contributed by atoms with Gasteiger partial charge in [-0.05, 0) is 19.1 Å². The van der Waals surface area contributed by atoms with Crippen molar-refractivity contribution in [3.8, 4) is 17.5 Å². The summed E-state index contributed by atoms with van der Waals surface area (Å²) in [6, 6.07) is 10.6. The van der Waals surface area contributed by atoms with Gasteiger partial charge < -0.3 is 9.15 Å². The highest BCUT2D eigenvalue weighted by Gasteiger charge is 2.15. The number of hydrogen-bond donors (Lipinski definition) is 0. The van der Waals surface area contributed by atoms with Crippen LogP contribution in [0.5, 0.6) is 0 Å². The van der Waals surface area contributed by atoms with Gasteiger partial charge in [0.25, 0.3) is 0 Å². The Morgan fingerprint density at radius 3 is 2.85 bits per heavy atom. The average molecular weight is 273 g/mol. The Balaban J connectivity index is 2.15. The van der Waals surface area contributed by atoms with E-state index in [0.29, 0.717) is 5.56 Å². The largest absolute Gasteiger partial charge is 0.446 e. The van der Waals surface area contributed by atoms with Crippen LogP contribution >= 0.6 is 0 Å². The molecule has 2 aromatic rings. The third-order valence-electron chi connectivity index (χ3n) is 2.40. The summed E-state index contributed by atoms with van der Waals surface area (Å²) in [7, 11) is 0. The van der Waals surface area contributed by atoms with Crippen LogP contribution in [0.25, 0.3) is 11.5 Å². The van der Waals surface area contributed by atoms with Gasteiger partial charge in [-0.25, -0.2) is 9.59 Å². The van der Waals surface area contributed by atoms with Gasteiger partial charge in [0, 0.05) is 5.56 Å². The molecule has 0 amide bonds. The van der Waals surface area contributed by atoms with Gasteiger partial charge in [0.15, 0.2) is 6.10 Å². The molecule has 0 bridgehead atoms. The Bertz CT molecular complexity index is 696. The van der Waals surface area contributed by atoms with E-state index in [0.717, 1.165) is 4.68 Å². The minimum atomic E-state index is -0.876. The van der Waals surface area contributed by atoms with Crippen LogP contribution < -0.4 is 5.76 Å². The Kier molecular flexibility index (Phi) is 3.96. The lowest BCUT2D eigenvalue weighted by Gasteiger charge is -2.04. The summed E-state index contributed by atoms with van der Waals surface area (Å²) >= 11 is 0. The predicted octanol–water partition coefficient (Wildman–Crippen LogP) is 0.959. The zero-order chi connectivity index (χ0) is 14.5. The third kappa shape index (κ3) is 3.11. The normalized spacial score (nSPS) is 11.6. The molecule has 7 nitrogen and oxygen atoms in total. The Labute approximate surface area is 114 Å². The molecule has 1 aromatic heterocycles. The van der Waals surface area contributed by atoms with E-state index < -0.39 is 24.4 Å². The number of hydrogen-bond acceptors (Lipinski definition) is 6. The molecule has 0 spiro atoms. The number of carbonyl (C=O) groups is 1. The summed E-state index contributed by atoms with van der Waals surface area (Å²) in [6.45, 7) is 1.03. The topological polar surface area (TPSA) is 98.1 Å². The van der Waals surface area contributed by atoms with Crippen molar-refractivity contribution < 1.29 is 13.9 Å². The van der Waals surface area contributed by atoms with Crippen LogP contribution in [0, 0.1) is 11.3 Å². The van der Waals surface area contributed by atoms with Crippen molar-refractivity contribution in [2.24, 2.45) is 0 Å². The molecule has 1 heterocycles. The van der Waals surface area contributed by atoms with Crippen LogP contribution in [0.15, 0.2) is 39.5 Å². The number of aromatic nitrogens is 2. The molecule has 0 unspecified atom stereocenters. The quantitative estimate of drug-likeness (QED) is 0.769. The van der Waals surface area contributed by atoms with Crippen LogP contribution in [0.3, 0.4) is 0 Å². The van der Waals surface area contributed by atoms with Gasteiger partial charge in [-0.3, -0.25) is 0 Å². The fourth-order valence-corrected chi connectivity index (χ4v) is 1.49. The molecule has 20 heavy (non-hydrogen) atoms. The molecule has 0 N–H and O–H groups in total. The fourth-order valence-electron chi connectivity index (χ4n) is 1.49. The smallest absolute Gasteiger partial charge is 0.437 e. The van der Waals surface area contributed by atoms with Crippen molar-refractivity contribution in [2.45, 2.75) is 19.6 Å². The number of rotatable bonds is 4. The fraction of sp³-hybridized carbons (Fsp3) is 0.231. The SMILES string of the molecule is C[C@H](C#N)OC(=O)Cn1nc(-c2ccccc2)oc1=O. The van der Waals surface area contributed by atoms with E-state index in [1.54, 1.807) is 30.3 Å². The summed E-state index contributed by atoms with van der Waals surface area (Å²) in [5.74, 6) is -1.36. The van der Waals surface area contributed by atoms with Crippen LogP contribution in [-0.4, -0.2) is 21.9 Å². The zero-order valence-corrected chi connectivity index (χ0v) is 10.6. The van der Waals surface area contributed by atoms with Crippen LogP contribution in [0.4, 0.5) is 0 Å². The summed E-state index contributed by atoms with van der Waals surface area (Å²) in [6.07, 6.45) is -0.876. The summed E-state index contributed by atoms with van der Waals surface area (Å²) < 4.78 is 10.5. The molecular formula is C13H11N3O4. The average Bonchev–Trinajstić information content (AvgIpc) is 2.81. The molecule has 1 aromatic carbocycles. The second-order valence-corrected chi connectivity index (χ2v) is 3.96. The maximum absolute atomic E-state index is 11.6. The van der Waals surface area contributed by atoms with Gasteiger partial charge in [0.05, 0.1) is 0 Å². The minimum absolute atomic E-state index is 0.122. The van der Waals surface area contributed by atoms with Gasteiger partial charge in [0.1, 0.15) is 12.6 Å². The zero-order valence-electron chi connectivity index (χ0n) is 10.6. The highest BCUT2D eigenvalue weighted by molar-refractivity contribution is 5.69. The van der Waals surface area contributed by atoms with Crippen molar-refractivity contribution in [1.82, 2.24) is 9.78 Å². The molecule has 102 valence electrons. The Morgan fingerprint density at radius 1 is 1.50 bits per heavy atom. The van der Waals surface area contributed by atoms with E-state index in [4.69, 9.17) is 14.4 Å². The van der Waals surface area contributed by atoms with E-state index in [1.807, 2.05) is 6.07 Å². The van der Waals surface area contributed by atoms with Gasteiger partial charge in [0.2, 0.25) is 5.89 Å². The first-order valence-electron chi connectivity index (χ1n) is 5.82. The minimum Gasteiger partial charge on any atom is -0.446 e. The molecular weight excluding hydrogens is 262 g/mol. The summed E-state index contributed by atoms with van der Waals surface area (Å²) in [5.41, 5.74) is 0.627. The summed E-state index contributed by atoms with van der Waals surface area (Å²) in [4.78, 5) is 23.0. The van der Waals surface area contributed by atoms with Crippen molar-refractivity contribution in [3.05, 3.63) is 40.9 Å². The summed E-state index contributed by atoms with van der Waals surface area (Å²) in [5, 5.41) is 12.4. The van der Waals surface area contributed by atoms with E-state index >= 15 is 0 Å². The first-order valence-corrected chi connectivity index (χ1v) is 5.82. The second kappa shape index (κ2) is 5.84. The highest BCUT2D eigenvalue weighted by Crippen LogP contribution is 2.13. The lowest BCUT2D eigenvalue weighted by molar-refractivity contribution is -0.146. The number of esters is 1. The predicted molar refractivity (Wildman–Crippen MR) is 67.4 cm³/mol.